The predicted octanol–water partition coefficient (Wildman–Crippen LogP) is 6.72. The van der Waals surface area contributed by atoms with Gasteiger partial charge in [0.05, 0.1) is 13.2 Å². The minimum Gasteiger partial charge on any atom is -0.507 e. The Morgan fingerprint density at radius 2 is 1.92 bits per heavy atom. The lowest BCUT2D eigenvalue weighted by molar-refractivity contribution is 0.0730. The summed E-state index contributed by atoms with van der Waals surface area (Å²) in [5.74, 6) is 0.831. The number of fused-ring (bicyclic) bond motifs is 1. The van der Waals surface area contributed by atoms with Crippen molar-refractivity contribution in [1.82, 2.24) is 15.1 Å². The largest absolute Gasteiger partial charge is 0.507 e. The number of aromatic nitrogens is 2. The number of aromatic hydroxyl groups is 1. The van der Waals surface area contributed by atoms with Crippen molar-refractivity contribution in [3.63, 3.8) is 0 Å². The lowest BCUT2D eigenvalue weighted by atomic mass is 9.94. The number of carbonyl (C=O) groups excluding carboxylic acids is 1. The number of rotatable bonds is 8. The Morgan fingerprint density at radius 3 is 2.66 bits per heavy atom. The minimum atomic E-state index is -0.565. The summed E-state index contributed by atoms with van der Waals surface area (Å²) in [6.07, 6.45) is 1.65. The molecule has 3 aromatic carbocycles. The van der Waals surface area contributed by atoms with Gasteiger partial charge in [0.2, 0.25) is 0 Å². The number of ether oxygens (including phenoxy) is 2. The van der Waals surface area contributed by atoms with Crippen LogP contribution in [0.2, 0.25) is 10.0 Å². The molecule has 0 fully saturated rings. The Balaban J connectivity index is 1.68. The summed E-state index contributed by atoms with van der Waals surface area (Å²) in [6.45, 7) is 6.07. The number of amides is 1. The molecule has 38 heavy (non-hydrogen) atoms. The van der Waals surface area contributed by atoms with Crippen molar-refractivity contribution in [3.05, 3.63) is 105 Å². The monoisotopic (exact) mass is 549 g/mol. The molecule has 0 spiro atoms. The molecule has 194 valence electrons. The van der Waals surface area contributed by atoms with Crippen LogP contribution in [0.3, 0.4) is 0 Å². The first-order valence-electron chi connectivity index (χ1n) is 11.9. The minimum absolute atomic E-state index is 0.0164. The topological polar surface area (TPSA) is 87.7 Å². The zero-order valence-corrected chi connectivity index (χ0v) is 22.3. The number of hydrogen-bond acceptors (Lipinski definition) is 5. The molecule has 2 heterocycles. The quantitative estimate of drug-likeness (QED) is 0.238. The maximum atomic E-state index is 13.8. The molecule has 0 bridgehead atoms. The molecule has 1 aliphatic heterocycles. The van der Waals surface area contributed by atoms with Gasteiger partial charge in [0.15, 0.2) is 11.5 Å². The number of hydrogen-bond donors (Lipinski definition) is 2. The number of nitrogens with one attached hydrogen (secondary N) is 1. The van der Waals surface area contributed by atoms with Crippen LogP contribution < -0.4 is 9.47 Å². The molecule has 9 heteroatoms. The van der Waals surface area contributed by atoms with Crippen LogP contribution in [0, 0.1) is 6.92 Å². The number of benzene rings is 3. The van der Waals surface area contributed by atoms with Crippen LogP contribution in [-0.4, -0.2) is 39.8 Å². The second-order valence-corrected chi connectivity index (χ2v) is 9.73. The third kappa shape index (κ3) is 4.48. The second-order valence-electron chi connectivity index (χ2n) is 8.92. The van der Waals surface area contributed by atoms with Gasteiger partial charge in [-0.05, 0) is 53.9 Å². The fraction of sp³-hybridized carbons (Fsp3) is 0.172. The van der Waals surface area contributed by atoms with E-state index in [4.69, 9.17) is 32.7 Å². The maximum Gasteiger partial charge on any atom is 0.273 e. The Labute approximate surface area is 230 Å². The van der Waals surface area contributed by atoms with E-state index in [-0.39, 0.29) is 18.2 Å². The molecule has 5 rings (SSSR count). The van der Waals surface area contributed by atoms with Crippen molar-refractivity contribution in [3.8, 4) is 28.5 Å². The van der Waals surface area contributed by atoms with Gasteiger partial charge in [-0.2, -0.15) is 5.10 Å². The fourth-order valence-electron chi connectivity index (χ4n) is 4.70. The molecule has 0 saturated carbocycles. The number of aromatic amines is 1. The number of phenols is 1. The van der Waals surface area contributed by atoms with Gasteiger partial charge in [-0.3, -0.25) is 9.89 Å². The van der Waals surface area contributed by atoms with E-state index >= 15 is 0 Å². The molecule has 2 N–H and O–H groups in total. The van der Waals surface area contributed by atoms with Crippen molar-refractivity contribution in [2.75, 3.05) is 13.7 Å². The third-order valence-corrected chi connectivity index (χ3v) is 7.33. The normalized spacial score (nSPS) is 14.5. The molecular weight excluding hydrogens is 525 g/mol. The van der Waals surface area contributed by atoms with E-state index in [2.05, 4.69) is 16.8 Å². The Bertz CT molecular complexity index is 1550. The van der Waals surface area contributed by atoms with E-state index < -0.39 is 6.04 Å². The first-order valence-corrected chi connectivity index (χ1v) is 12.6. The lowest BCUT2D eigenvalue weighted by Gasteiger charge is -2.27. The van der Waals surface area contributed by atoms with Gasteiger partial charge in [-0.25, -0.2) is 0 Å². The number of H-pyrrole nitrogens is 1. The maximum absolute atomic E-state index is 13.8. The van der Waals surface area contributed by atoms with Gasteiger partial charge in [-0.15, -0.1) is 0 Å². The van der Waals surface area contributed by atoms with Crippen LogP contribution in [0.25, 0.3) is 11.3 Å². The number of methoxy groups -OCH3 is 1. The third-order valence-electron chi connectivity index (χ3n) is 6.55. The predicted molar refractivity (Wildman–Crippen MR) is 147 cm³/mol. The summed E-state index contributed by atoms with van der Waals surface area (Å²) in [4.78, 5) is 15.5. The highest BCUT2D eigenvalue weighted by molar-refractivity contribution is 6.32. The molecule has 1 aromatic heterocycles. The van der Waals surface area contributed by atoms with Gasteiger partial charge in [0.25, 0.3) is 5.91 Å². The van der Waals surface area contributed by atoms with E-state index in [9.17, 15) is 9.90 Å². The number of phenolic OH excluding ortho intramolecular Hbond substituents is 1. The molecule has 0 radical (unpaired) electrons. The smallest absolute Gasteiger partial charge is 0.273 e. The Kier molecular flexibility index (Phi) is 7.06. The molecule has 1 unspecified atom stereocenters. The summed E-state index contributed by atoms with van der Waals surface area (Å²) < 4.78 is 11.3. The van der Waals surface area contributed by atoms with Crippen LogP contribution in [-0.2, 0) is 6.54 Å². The van der Waals surface area contributed by atoms with Gasteiger partial charge in [-0.1, -0.05) is 60.1 Å². The summed E-state index contributed by atoms with van der Waals surface area (Å²) in [7, 11) is 1.56. The number of aryl methyl sites for hydroxylation is 1. The zero-order chi connectivity index (χ0) is 27.0. The lowest BCUT2D eigenvalue weighted by Crippen LogP contribution is -2.29. The number of nitrogens with zero attached hydrogens (tertiary/aromatic N) is 2. The van der Waals surface area contributed by atoms with Crippen LogP contribution in [0.15, 0.2) is 67.3 Å². The van der Waals surface area contributed by atoms with E-state index in [1.54, 1.807) is 49.3 Å². The highest BCUT2D eigenvalue weighted by Gasteiger charge is 2.43. The number of halogens is 2. The first kappa shape index (κ1) is 25.7. The standard InChI is InChI=1S/C29H25Cl2N3O4/c1-4-11-38-23-10-9-17(13-24(23)37-3)28-25-26(19-14-21(31)16(2)12-22(19)35)32-33-27(25)29(36)34(28)15-18-7-5-6-8-20(18)30/h4-10,12-14,28,35H,1,11,15H2,2-3H3,(H,32,33). The van der Waals surface area contributed by atoms with Crippen LogP contribution in [0.1, 0.15) is 38.8 Å². The Morgan fingerprint density at radius 1 is 1.13 bits per heavy atom. The van der Waals surface area contributed by atoms with Crippen molar-refractivity contribution in [1.29, 1.82) is 0 Å². The summed E-state index contributed by atoms with van der Waals surface area (Å²) in [5, 5.41) is 19.2. The second kappa shape index (κ2) is 10.4. The highest BCUT2D eigenvalue weighted by atomic mass is 35.5. The average molecular weight is 550 g/mol. The Hall–Kier alpha value is -3.94. The fourth-order valence-corrected chi connectivity index (χ4v) is 5.06. The molecule has 0 aliphatic carbocycles. The van der Waals surface area contributed by atoms with E-state index in [1.165, 1.54) is 0 Å². The summed E-state index contributed by atoms with van der Waals surface area (Å²) in [5.41, 5.74) is 4.11. The van der Waals surface area contributed by atoms with Crippen LogP contribution in [0.4, 0.5) is 0 Å². The zero-order valence-electron chi connectivity index (χ0n) is 20.8. The summed E-state index contributed by atoms with van der Waals surface area (Å²) in [6, 6.07) is 15.6. The molecule has 0 saturated heterocycles. The van der Waals surface area contributed by atoms with Crippen LogP contribution in [0.5, 0.6) is 17.2 Å². The van der Waals surface area contributed by atoms with Crippen molar-refractivity contribution in [2.24, 2.45) is 0 Å². The first-order chi connectivity index (χ1) is 18.3. The van der Waals surface area contributed by atoms with Crippen molar-refractivity contribution >= 4 is 29.1 Å². The van der Waals surface area contributed by atoms with Gasteiger partial charge >= 0.3 is 0 Å². The molecule has 7 nitrogen and oxygen atoms in total. The average Bonchev–Trinajstić information content (AvgIpc) is 3.45. The van der Waals surface area contributed by atoms with E-state index in [0.717, 1.165) is 16.7 Å². The molecule has 1 aliphatic rings. The molecular formula is C29H25Cl2N3O4. The summed E-state index contributed by atoms with van der Waals surface area (Å²) >= 11 is 12.9. The van der Waals surface area contributed by atoms with Gasteiger partial charge < -0.3 is 19.5 Å². The SMILES string of the molecule is C=CCOc1ccc(C2c3c(-c4cc(Cl)c(C)cc4O)n[nH]c3C(=O)N2Cc2ccccc2Cl)cc1OC. The van der Waals surface area contributed by atoms with E-state index in [1.807, 2.05) is 30.3 Å². The van der Waals surface area contributed by atoms with Crippen LogP contribution >= 0.6 is 23.2 Å². The number of carbonyl (C=O) groups is 1. The molecule has 4 aromatic rings. The molecule has 1 amide bonds. The highest BCUT2D eigenvalue weighted by Crippen LogP contribution is 2.47. The molecule has 1 atom stereocenters. The van der Waals surface area contributed by atoms with Crippen molar-refractivity contribution in [2.45, 2.75) is 19.5 Å². The van der Waals surface area contributed by atoms with E-state index in [0.29, 0.717) is 50.7 Å². The van der Waals surface area contributed by atoms with Crippen molar-refractivity contribution < 1.29 is 19.4 Å². The van der Waals surface area contributed by atoms with Gasteiger partial charge in [0.1, 0.15) is 23.7 Å². The van der Waals surface area contributed by atoms with Gasteiger partial charge in [0, 0.05) is 27.7 Å².